The molecule has 0 saturated heterocycles. The van der Waals surface area contributed by atoms with Crippen LogP contribution in [0.5, 0.6) is 5.75 Å². The van der Waals surface area contributed by atoms with Gasteiger partial charge < -0.3 is 14.6 Å². The van der Waals surface area contributed by atoms with Crippen LogP contribution in [0, 0.1) is 52.3 Å². The maximum Gasteiger partial charge on any atom is 0.309 e. The molecule has 42 heavy (non-hydrogen) atoms. The lowest BCUT2D eigenvalue weighted by Crippen LogP contribution is -2.59. The molecule has 6 bridgehead atoms. The van der Waals surface area contributed by atoms with Crippen LogP contribution in [0.4, 0.5) is 0 Å². The van der Waals surface area contributed by atoms with Crippen LogP contribution in [-0.2, 0) is 19.1 Å². The predicted octanol–water partition coefficient (Wildman–Crippen LogP) is 8.43. The highest BCUT2D eigenvalue weighted by Gasteiger charge is 2.63. The molecule has 5 nitrogen and oxygen atoms in total. The van der Waals surface area contributed by atoms with Gasteiger partial charge in [-0.25, -0.2) is 0 Å². The summed E-state index contributed by atoms with van der Waals surface area (Å²) < 4.78 is 13.0. The molecule has 6 fully saturated rings. The van der Waals surface area contributed by atoms with Crippen LogP contribution in [-0.4, -0.2) is 28.8 Å². The van der Waals surface area contributed by atoms with Crippen LogP contribution in [0.25, 0.3) is 0 Å². The molecule has 1 N–H and O–H groups in total. The second-order valence-corrected chi connectivity index (χ2v) is 16.1. The monoisotopic (exact) mass is 578 g/mol. The zero-order valence-corrected chi connectivity index (χ0v) is 26.9. The van der Waals surface area contributed by atoms with Gasteiger partial charge in [0.2, 0.25) is 0 Å². The van der Waals surface area contributed by atoms with E-state index < -0.39 is 5.92 Å². The van der Waals surface area contributed by atoms with Gasteiger partial charge in [-0.3, -0.25) is 9.59 Å². The lowest BCUT2D eigenvalue weighted by atomic mass is 9.49. The minimum atomic E-state index is -0.390. The summed E-state index contributed by atoms with van der Waals surface area (Å²) in [5, 5.41) is 9.79. The van der Waals surface area contributed by atoms with Crippen molar-refractivity contribution < 1.29 is 24.2 Å². The van der Waals surface area contributed by atoms with Crippen molar-refractivity contribution in [3.05, 3.63) is 29.8 Å². The van der Waals surface area contributed by atoms with Crippen LogP contribution >= 0.6 is 0 Å². The standard InChI is InChI=1S/C37H54O5/c1-7-37(29-17-24-16-25(19-29)20-30(37)18-24)42-33(39)23(3)15-27(14-22(2)26-8-10-31(38)11-9-26)34(40)41-32-21-28-12-13-36(32,6)35(28,4)5/h8-11,22-25,27-30,32,38H,7,12-21H2,1-6H3. The highest BCUT2D eigenvalue weighted by atomic mass is 16.6. The van der Waals surface area contributed by atoms with Crippen molar-refractivity contribution in [1.82, 2.24) is 0 Å². The summed E-state index contributed by atoms with van der Waals surface area (Å²) in [6, 6.07) is 7.26. The number of hydrogen-bond acceptors (Lipinski definition) is 5. The second kappa shape index (κ2) is 10.8. The Bertz CT molecular complexity index is 1140. The van der Waals surface area contributed by atoms with Gasteiger partial charge in [-0.1, -0.05) is 53.7 Å². The SMILES string of the molecule is CCC1(OC(=O)C(C)CC(CC(C)c2ccc(O)cc2)C(=O)OC2CC3CCC2(C)C3(C)C)C2CC3CC(C2)CC1C3. The number of carbonyl (C=O) groups is 2. The number of aromatic hydroxyl groups is 1. The van der Waals surface area contributed by atoms with Gasteiger partial charge in [0.05, 0.1) is 11.8 Å². The zero-order valence-electron chi connectivity index (χ0n) is 26.9. The third-order valence-electron chi connectivity index (χ3n) is 13.8. The molecule has 1 aromatic carbocycles. The zero-order chi connectivity index (χ0) is 30.0. The molecule has 1 aromatic rings. The first kappa shape index (κ1) is 30.0. The van der Waals surface area contributed by atoms with E-state index in [0.29, 0.717) is 30.6 Å². The summed E-state index contributed by atoms with van der Waals surface area (Å²) >= 11 is 0. The van der Waals surface area contributed by atoms with Crippen LogP contribution in [0.2, 0.25) is 0 Å². The fourth-order valence-corrected chi connectivity index (χ4v) is 10.8. The average Bonchev–Trinajstić information content (AvgIpc) is 3.28. The number of phenols is 1. The number of carbonyl (C=O) groups excluding carboxylic acids is 2. The van der Waals surface area contributed by atoms with Crippen molar-refractivity contribution >= 4 is 11.9 Å². The van der Waals surface area contributed by atoms with Gasteiger partial charge in [-0.2, -0.15) is 0 Å². The summed E-state index contributed by atoms with van der Waals surface area (Å²) in [4.78, 5) is 27.8. The Balaban J connectivity index is 1.17. The Hall–Kier alpha value is -2.04. The molecule has 0 aromatic heterocycles. The molecule has 6 aliphatic rings. The Morgan fingerprint density at radius 3 is 2.02 bits per heavy atom. The van der Waals surface area contributed by atoms with E-state index in [9.17, 15) is 14.7 Å². The number of esters is 2. The second-order valence-electron chi connectivity index (χ2n) is 16.1. The van der Waals surface area contributed by atoms with E-state index in [4.69, 9.17) is 9.47 Å². The first-order valence-corrected chi connectivity index (χ1v) is 17.1. The van der Waals surface area contributed by atoms with Gasteiger partial charge in [-0.15, -0.1) is 0 Å². The van der Waals surface area contributed by atoms with Crippen LogP contribution < -0.4 is 0 Å². The first-order valence-electron chi connectivity index (χ1n) is 17.1. The maximum absolute atomic E-state index is 14.0. The predicted molar refractivity (Wildman–Crippen MR) is 164 cm³/mol. The summed E-state index contributed by atoms with van der Waals surface area (Å²) in [5.74, 6) is 2.49. The minimum Gasteiger partial charge on any atom is -0.508 e. The largest absolute Gasteiger partial charge is 0.508 e. The molecule has 0 spiro atoms. The van der Waals surface area contributed by atoms with Crippen LogP contribution in [0.1, 0.15) is 124 Å². The van der Waals surface area contributed by atoms with Crippen molar-refractivity contribution in [2.75, 3.05) is 0 Å². The number of ether oxygens (including phenoxy) is 2. The number of rotatable bonds is 10. The smallest absolute Gasteiger partial charge is 0.309 e. The highest BCUT2D eigenvalue weighted by molar-refractivity contribution is 5.76. The van der Waals surface area contributed by atoms with E-state index in [1.807, 2.05) is 19.1 Å². The topological polar surface area (TPSA) is 72.8 Å². The highest BCUT2D eigenvalue weighted by Crippen LogP contribution is 2.66. The summed E-state index contributed by atoms with van der Waals surface area (Å²) in [6.45, 7) is 13.3. The number of hydrogen-bond donors (Lipinski definition) is 1. The van der Waals surface area contributed by atoms with Crippen molar-refractivity contribution in [1.29, 1.82) is 0 Å². The average molecular weight is 579 g/mol. The lowest BCUT2D eigenvalue weighted by Gasteiger charge is -2.60. The molecular weight excluding hydrogens is 524 g/mol. The molecule has 0 heterocycles. The molecule has 6 saturated carbocycles. The van der Waals surface area contributed by atoms with Crippen molar-refractivity contribution in [2.24, 2.45) is 52.3 Å². The molecule has 6 atom stereocenters. The Kier molecular flexibility index (Phi) is 7.75. The normalized spacial score (nSPS) is 39.6. The Labute approximate surface area is 253 Å². The Morgan fingerprint density at radius 2 is 1.50 bits per heavy atom. The maximum atomic E-state index is 14.0. The van der Waals surface area contributed by atoms with Crippen molar-refractivity contribution in [3.63, 3.8) is 0 Å². The van der Waals surface area contributed by atoms with Gasteiger partial charge in [0.25, 0.3) is 0 Å². The molecule has 6 aliphatic carbocycles. The minimum absolute atomic E-state index is 0.00201. The molecule has 7 rings (SSSR count). The number of phenolic OH excluding ortho intramolecular Hbond substituents is 1. The molecule has 232 valence electrons. The van der Waals surface area contributed by atoms with Crippen LogP contribution in [0.3, 0.4) is 0 Å². The van der Waals surface area contributed by atoms with E-state index in [-0.39, 0.29) is 52.1 Å². The molecule has 5 heteroatoms. The van der Waals surface area contributed by atoms with E-state index in [2.05, 4.69) is 34.6 Å². The molecular formula is C37H54O5. The van der Waals surface area contributed by atoms with Crippen molar-refractivity contribution in [2.45, 2.75) is 130 Å². The Morgan fingerprint density at radius 1 is 0.881 bits per heavy atom. The van der Waals surface area contributed by atoms with Gasteiger partial charge in [-0.05, 0) is 129 Å². The van der Waals surface area contributed by atoms with E-state index in [1.54, 1.807) is 12.1 Å². The van der Waals surface area contributed by atoms with Crippen molar-refractivity contribution in [3.8, 4) is 5.75 Å². The number of benzene rings is 1. The molecule has 0 aliphatic heterocycles. The summed E-state index contributed by atoms with van der Waals surface area (Å²) in [5.41, 5.74) is 0.916. The molecule has 6 unspecified atom stereocenters. The van der Waals surface area contributed by atoms with E-state index in [0.717, 1.165) is 36.7 Å². The lowest BCUT2D eigenvalue weighted by molar-refractivity contribution is -0.214. The fourth-order valence-electron chi connectivity index (χ4n) is 10.8. The van der Waals surface area contributed by atoms with E-state index in [1.165, 1.54) is 38.5 Å². The summed E-state index contributed by atoms with van der Waals surface area (Å²) in [6.07, 6.45) is 11.3. The van der Waals surface area contributed by atoms with Crippen LogP contribution in [0.15, 0.2) is 24.3 Å². The van der Waals surface area contributed by atoms with Gasteiger partial charge in [0.15, 0.2) is 0 Å². The third kappa shape index (κ3) is 4.89. The quantitative estimate of drug-likeness (QED) is 0.282. The van der Waals surface area contributed by atoms with Gasteiger partial charge in [0.1, 0.15) is 17.5 Å². The number of fused-ring (bicyclic) bond motifs is 2. The fraction of sp³-hybridized carbons (Fsp3) is 0.784. The summed E-state index contributed by atoms with van der Waals surface area (Å²) in [7, 11) is 0. The van der Waals surface area contributed by atoms with Gasteiger partial charge in [0, 0.05) is 5.41 Å². The molecule has 0 amide bonds. The first-order chi connectivity index (χ1) is 19.9. The third-order valence-corrected chi connectivity index (χ3v) is 13.8. The molecule has 0 radical (unpaired) electrons. The van der Waals surface area contributed by atoms with Gasteiger partial charge >= 0.3 is 11.9 Å². The van der Waals surface area contributed by atoms with E-state index >= 15 is 0 Å².